The first kappa shape index (κ1) is 22.2. The third-order valence-corrected chi connectivity index (χ3v) is 8.95. The van der Waals surface area contributed by atoms with E-state index in [2.05, 4.69) is 5.32 Å². The first-order valence-electron chi connectivity index (χ1n) is 10.9. The fourth-order valence-electron chi connectivity index (χ4n) is 4.02. The number of fused-ring (bicyclic) bond motifs is 1. The number of nitrogens with one attached hydrogen (secondary N) is 1. The van der Waals surface area contributed by atoms with Crippen LogP contribution in [-0.2, 0) is 14.9 Å². The zero-order valence-electron chi connectivity index (χ0n) is 18.0. The molecule has 0 radical (unpaired) electrons. The Balaban J connectivity index is 1.26. The van der Waals surface area contributed by atoms with E-state index in [1.165, 1.54) is 8.61 Å². The van der Waals surface area contributed by atoms with Gasteiger partial charge in [-0.15, -0.1) is 11.3 Å². The van der Waals surface area contributed by atoms with Crippen LogP contribution in [0.3, 0.4) is 0 Å². The molecule has 11 heteroatoms. The van der Waals surface area contributed by atoms with E-state index >= 15 is 0 Å². The molecule has 2 saturated heterocycles. The minimum Gasteiger partial charge on any atom is -0.379 e. The summed E-state index contributed by atoms with van der Waals surface area (Å²) in [5.74, 6) is 0. The predicted molar refractivity (Wildman–Crippen MR) is 129 cm³/mol. The van der Waals surface area contributed by atoms with Gasteiger partial charge in [0.1, 0.15) is 5.01 Å². The van der Waals surface area contributed by atoms with Crippen molar-refractivity contribution in [1.82, 2.24) is 18.5 Å². The number of hydrogen-bond donors (Lipinski definition) is 1. The number of nitrogens with zero attached hydrogens (tertiary/aromatic N) is 4. The van der Waals surface area contributed by atoms with Crippen LogP contribution in [-0.4, -0.2) is 85.4 Å². The van der Waals surface area contributed by atoms with E-state index in [9.17, 15) is 13.2 Å². The molecule has 0 atom stereocenters. The molecule has 2 aromatic carbocycles. The third kappa shape index (κ3) is 4.59. The van der Waals surface area contributed by atoms with Crippen molar-refractivity contribution in [3.05, 3.63) is 48.5 Å². The fraction of sp³-hybridized carbons (Fsp3) is 0.364. The number of morpholine rings is 1. The lowest BCUT2D eigenvalue weighted by molar-refractivity contribution is 0.0691. The lowest BCUT2D eigenvalue weighted by Gasteiger charge is -2.37. The number of ether oxygens (including phenoxy) is 1. The maximum atomic E-state index is 13.0. The molecule has 1 aromatic heterocycles. The van der Waals surface area contributed by atoms with Gasteiger partial charge < -0.3 is 15.0 Å². The number of carbonyl (C=O) groups excluding carboxylic acids is 1. The zero-order chi connectivity index (χ0) is 22.8. The Hall–Kier alpha value is -2.57. The molecule has 0 unspecified atom stereocenters. The van der Waals surface area contributed by atoms with Gasteiger partial charge in [-0.1, -0.05) is 24.3 Å². The summed E-state index contributed by atoms with van der Waals surface area (Å²) in [5.41, 5.74) is 2.47. The number of para-hydroxylation sites is 2. The molecule has 0 aliphatic carbocycles. The Kier molecular flexibility index (Phi) is 6.30. The van der Waals surface area contributed by atoms with Crippen molar-refractivity contribution in [1.29, 1.82) is 0 Å². The number of piperazine rings is 1. The monoisotopic (exact) mass is 487 g/mol. The second-order valence-electron chi connectivity index (χ2n) is 7.87. The molecule has 2 fully saturated rings. The van der Waals surface area contributed by atoms with Crippen molar-refractivity contribution in [2.75, 3.05) is 57.8 Å². The van der Waals surface area contributed by atoms with Gasteiger partial charge in [0.2, 0.25) is 0 Å². The normalized spacial score (nSPS) is 18.5. The lowest BCUT2D eigenvalue weighted by atomic mass is 10.2. The van der Waals surface area contributed by atoms with Crippen molar-refractivity contribution >= 4 is 43.5 Å². The first-order chi connectivity index (χ1) is 16.0. The molecule has 9 nitrogen and oxygen atoms in total. The number of benzene rings is 2. The minimum absolute atomic E-state index is 0.244. The summed E-state index contributed by atoms with van der Waals surface area (Å²) in [5, 5.41) is 3.84. The van der Waals surface area contributed by atoms with Crippen molar-refractivity contribution in [3.8, 4) is 10.6 Å². The number of aromatic nitrogens is 1. The third-order valence-electron chi connectivity index (χ3n) is 5.84. The molecule has 3 aromatic rings. The average molecular weight is 488 g/mol. The van der Waals surface area contributed by atoms with Crippen molar-refractivity contribution in [2.24, 2.45) is 0 Å². The van der Waals surface area contributed by atoms with Gasteiger partial charge in [-0.25, -0.2) is 9.78 Å². The molecule has 2 aliphatic rings. The predicted octanol–water partition coefficient (Wildman–Crippen LogP) is 2.69. The van der Waals surface area contributed by atoms with Crippen molar-refractivity contribution in [3.63, 3.8) is 0 Å². The molecule has 2 amide bonds. The van der Waals surface area contributed by atoms with E-state index in [0.29, 0.717) is 45.1 Å². The molecule has 33 heavy (non-hydrogen) atoms. The number of carbonyl (C=O) groups is 1. The highest BCUT2D eigenvalue weighted by Gasteiger charge is 2.34. The first-order valence-corrected chi connectivity index (χ1v) is 13.1. The van der Waals surface area contributed by atoms with Crippen molar-refractivity contribution < 1.29 is 17.9 Å². The summed E-state index contributed by atoms with van der Waals surface area (Å²) >= 11 is 1.58. The van der Waals surface area contributed by atoms with Gasteiger partial charge in [0, 0.05) is 44.8 Å². The number of anilines is 1. The smallest absolute Gasteiger partial charge is 0.321 e. The van der Waals surface area contributed by atoms with Gasteiger partial charge >= 0.3 is 6.03 Å². The van der Waals surface area contributed by atoms with Crippen LogP contribution in [0, 0.1) is 0 Å². The van der Waals surface area contributed by atoms with E-state index < -0.39 is 10.2 Å². The summed E-state index contributed by atoms with van der Waals surface area (Å²) in [7, 11) is -3.53. The van der Waals surface area contributed by atoms with Crippen LogP contribution in [0.15, 0.2) is 48.5 Å². The Labute approximate surface area is 196 Å². The van der Waals surface area contributed by atoms with Crippen LogP contribution in [0.25, 0.3) is 20.8 Å². The Bertz CT molecular complexity index is 1220. The number of hydrogen-bond acceptors (Lipinski definition) is 6. The summed E-state index contributed by atoms with van der Waals surface area (Å²) in [6, 6.07) is 15.3. The SMILES string of the molecule is O=C(Nc1ccccc1-c1nc2ccccc2s1)N1CCN(S(=O)(=O)N2CCOCC2)CC1. The van der Waals surface area contributed by atoms with E-state index in [1.807, 2.05) is 48.5 Å². The number of thiazole rings is 1. The highest BCUT2D eigenvalue weighted by Crippen LogP contribution is 2.34. The standard InChI is InChI=1S/C22H25N5O4S2/c28-22(25-9-11-26(12-10-25)33(29,30)27-13-15-31-16-14-27)24-18-6-2-1-5-17(18)21-23-19-7-3-4-8-20(19)32-21/h1-8H,9-16H2,(H,24,28). The average Bonchev–Trinajstić information content (AvgIpc) is 3.29. The number of urea groups is 1. The van der Waals surface area contributed by atoms with Crippen molar-refractivity contribution in [2.45, 2.75) is 0 Å². The molecule has 2 aliphatic heterocycles. The second kappa shape index (κ2) is 9.35. The molecule has 3 heterocycles. The minimum atomic E-state index is -3.53. The zero-order valence-corrected chi connectivity index (χ0v) is 19.6. The van der Waals surface area contributed by atoms with Crippen LogP contribution in [0.1, 0.15) is 0 Å². The Morgan fingerprint density at radius 3 is 2.33 bits per heavy atom. The van der Waals surface area contributed by atoms with E-state index in [1.54, 1.807) is 16.2 Å². The summed E-state index contributed by atoms with van der Waals surface area (Å²) in [4.78, 5) is 19.3. The Morgan fingerprint density at radius 2 is 1.58 bits per heavy atom. The maximum Gasteiger partial charge on any atom is 0.321 e. The van der Waals surface area contributed by atoms with Gasteiger partial charge in [0.05, 0.1) is 29.1 Å². The van der Waals surface area contributed by atoms with Gasteiger partial charge in [-0.3, -0.25) is 0 Å². The lowest BCUT2D eigenvalue weighted by Crippen LogP contribution is -2.56. The number of amides is 2. The molecule has 1 N–H and O–H groups in total. The van der Waals surface area contributed by atoms with Crippen LogP contribution in [0.5, 0.6) is 0 Å². The molecule has 0 saturated carbocycles. The van der Waals surface area contributed by atoms with Crippen LogP contribution in [0.4, 0.5) is 10.5 Å². The largest absolute Gasteiger partial charge is 0.379 e. The van der Waals surface area contributed by atoms with E-state index in [4.69, 9.17) is 9.72 Å². The van der Waals surface area contributed by atoms with E-state index in [-0.39, 0.29) is 19.1 Å². The molecule has 0 spiro atoms. The van der Waals surface area contributed by atoms with Crippen LogP contribution >= 0.6 is 11.3 Å². The van der Waals surface area contributed by atoms with Gasteiger partial charge in [-0.2, -0.15) is 17.0 Å². The summed E-state index contributed by atoms with van der Waals surface area (Å²) in [6.07, 6.45) is 0. The molecule has 0 bridgehead atoms. The summed E-state index contributed by atoms with van der Waals surface area (Å²) < 4.78 is 35.0. The van der Waals surface area contributed by atoms with Crippen LogP contribution < -0.4 is 5.32 Å². The van der Waals surface area contributed by atoms with Gasteiger partial charge in [0.25, 0.3) is 10.2 Å². The maximum absolute atomic E-state index is 13.0. The molecular formula is C22H25N5O4S2. The second-order valence-corrected chi connectivity index (χ2v) is 10.8. The highest BCUT2D eigenvalue weighted by molar-refractivity contribution is 7.86. The molecule has 174 valence electrons. The van der Waals surface area contributed by atoms with Crippen LogP contribution in [0.2, 0.25) is 0 Å². The molecular weight excluding hydrogens is 462 g/mol. The number of rotatable bonds is 4. The quantitative estimate of drug-likeness (QED) is 0.611. The Morgan fingerprint density at radius 1 is 0.909 bits per heavy atom. The van der Waals surface area contributed by atoms with Gasteiger partial charge in [0.15, 0.2) is 0 Å². The molecule has 5 rings (SSSR count). The summed E-state index contributed by atoms with van der Waals surface area (Å²) in [6.45, 7) is 2.76. The highest BCUT2D eigenvalue weighted by atomic mass is 32.2. The van der Waals surface area contributed by atoms with E-state index in [0.717, 1.165) is 20.8 Å². The topological polar surface area (TPSA) is 95.1 Å². The van der Waals surface area contributed by atoms with Gasteiger partial charge in [-0.05, 0) is 24.3 Å². The fourth-order valence-corrected chi connectivity index (χ4v) is 6.59.